The summed E-state index contributed by atoms with van der Waals surface area (Å²) in [5.41, 5.74) is 3.02. The normalized spacial score (nSPS) is 13.7. The Bertz CT molecular complexity index is 875. The molecule has 5 nitrogen and oxygen atoms in total. The van der Waals surface area contributed by atoms with E-state index in [9.17, 15) is 9.36 Å². The van der Waals surface area contributed by atoms with Gasteiger partial charge in [-0.3, -0.25) is 9.88 Å². The fourth-order valence-electron chi connectivity index (χ4n) is 3.25. The van der Waals surface area contributed by atoms with Gasteiger partial charge in [0.15, 0.2) is 0 Å². The van der Waals surface area contributed by atoms with E-state index in [2.05, 4.69) is 5.32 Å². The van der Waals surface area contributed by atoms with Gasteiger partial charge in [-0.25, -0.2) is 4.79 Å². The van der Waals surface area contributed by atoms with Crippen molar-refractivity contribution in [3.8, 4) is 0 Å². The second-order valence-corrected chi connectivity index (χ2v) is 10.2. The minimum atomic E-state index is -3.25. The molecule has 0 spiro atoms. The first-order valence-corrected chi connectivity index (χ1v) is 11.0. The number of carbonyl (C=O) groups excluding carboxylic acids is 1. The number of aryl methyl sites for hydroxylation is 3. The van der Waals surface area contributed by atoms with Crippen molar-refractivity contribution in [3.63, 3.8) is 0 Å². The van der Waals surface area contributed by atoms with Crippen molar-refractivity contribution in [1.82, 2.24) is 0 Å². The van der Waals surface area contributed by atoms with Gasteiger partial charge in [-0.1, -0.05) is 17.7 Å². The molecule has 0 saturated carbocycles. The van der Waals surface area contributed by atoms with Crippen LogP contribution in [0.1, 0.15) is 44.4 Å². The highest BCUT2D eigenvalue weighted by molar-refractivity contribution is 7.74. The molecule has 1 unspecified atom stereocenters. The number of nitrogens with one attached hydrogen (secondary N) is 1. The number of benzene rings is 2. The molecular formula is C22H30NO4P. The Morgan fingerprint density at radius 1 is 1.04 bits per heavy atom. The van der Waals surface area contributed by atoms with Crippen molar-refractivity contribution in [3.05, 3.63) is 53.1 Å². The Morgan fingerprint density at radius 3 is 2.04 bits per heavy atom. The van der Waals surface area contributed by atoms with E-state index in [1.165, 1.54) is 0 Å². The molecule has 2 rings (SSSR count). The summed E-state index contributed by atoms with van der Waals surface area (Å²) in [4.78, 5) is 11.9. The SMILES string of the molecule is CCOP(=O)(c1ccc(NC(=O)OC(C)(C)C)cc1)c1c(C)cc(C)cc1C. The molecule has 1 atom stereocenters. The summed E-state index contributed by atoms with van der Waals surface area (Å²) >= 11 is 0. The van der Waals surface area contributed by atoms with Crippen LogP contribution in [0, 0.1) is 20.8 Å². The lowest BCUT2D eigenvalue weighted by molar-refractivity contribution is 0.0636. The summed E-state index contributed by atoms with van der Waals surface area (Å²) in [5, 5.41) is 4.03. The van der Waals surface area contributed by atoms with Gasteiger partial charge in [0.1, 0.15) is 5.60 Å². The van der Waals surface area contributed by atoms with E-state index in [0.717, 1.165) is 22.0 Å². The van der Waals surface area contributed by atoms with Gasteiger partial charge in [0.25, 0.3) is 7.37 Å². The monoisotopic (exact) mass is 403 g/mol. The van der Waals surface area contributed by atoms with Gasteiger partial charge in [0, 0.05) is 16.3 Å². The van der Waals surface area contributed by atoms with Crippen LogP contribution in [0.2, 0.25) is 0 Å². The highest BCUT2D eigenvalue weighted by atomic mass is 31.2. The predicted octanol–water partition coefficient (Wildman–Crippen LogP) is 5.22. The first kappa shape index (κ1) is 22.2. The molecule has 0 bridgehead atoms. The second kappa shape index (κ2) is 8.50. The first-order chi connectivity index (χ1) is 13.0. The molecule has 1 N–H and O–H groups in total. The topological polar surface area (TPSA) is 64.6 Å². The van der Waals surface area contributed by atoms with E-state index in [1.807, 2.05) is 39.8 Å². The first-order valence-electron chi connectivity index (χ1n) is 9.40. The minimum absolute atomic E-state index is 0.335. The van der Waals surface area contributed by atoms with Gasteiger partial charge in [0.05, 0.1) is 6.61 Å². The van der Waals surface area contributed by atoms with Crippen molar-refractivity contribution in [2.75, 3.05) is 11.9 Å². The summed E-state index contributed by atoms with van der Waals surface area (Å²) in [6, 6.07) is 10.9. The Hall–Kier alpha value is -2.10. The standard InChI is InChI=1S/C22H30NO4P/c1-8-26-28(25,20-16(3)13-15(2)14-17(20)4)19-11-9-18(10-12-19)23-21(24)27-22(5,6)7/h9-14H,8H2,1-7H3,(H,23,24). The van der Waals surface area contributed by atoms with Crippen LogP contribution in [0.3, 0.4) is 0 Å². The third kappa shape index (κ3) is 5.24. The third-order valence-corrected chi connectivity index (χ3v) is 6.99. The molecule has 0 aliphatic rings. The molecule has 152 valence electrons. The molecule has 2 aromatic rings. The van der Waals surface area contributed by atoms with E-state index in [0.29, 0.717) is 17.6 Å². The van der Waals surface area contributed by atoms with Crippen molar-refractivity contribution < 1.29 is 18.6 Å². The number of carbonyl (C=O) groups is 1. The summed E-state index contributed by atoms with van der Waals surface area (Å²) in [7, 11) is -3.25. The molecule has 0 heterocycles. The number of hydrogen-bond acceptors (Lipinski definition) is 4. The fourth-order valence-corrected chi connectivity index (χ4v) is 5.75. The second-order valence-electron chi connectivity index (χ2n) is 7.89. The number of amides is 1. The number of hydrogen-bond donors (Lipinski definition) is 1. The molecular weight excluding hydrogens is 373 g/mol. The highest BCUT2D eigenvalue weighted by Crippen LogP contribution is 2.46. The maximum absolute atomic E-state index is 14.0. The zero-order chi connectivity index (χ0) is 21.1. The molecule has 0 radical (unpaired) electrons. The van der Waals surface area contributed by atoms with Crippen molar-refractivity contribution in [2.24, 2.45) is 0 Å². The van der Waals surface area contributed by atoms with E-state index >= 15 is 0 Å². The number of anilines is 1. The van der Waals surface area contributed by atoms with Crippen LogP contribution in [0.4, 0.5) is 10.5 Å². The molecule has 0 aliphatic heterocycles. The molecule has 0 saturated heterocycles. The summed E-state index contributed by atoms with van der Waals surface area (Å²) in [5.74, 6) is 0. The van der Waals surface area contributed by atoms with Gasteiger partial charge >= 0.3 is 6.09 Å². The van der Waals surface area contributed by atoms with Crippen molar-refractivity contribution >= 4 is 29.8 Å². The molecule has 0 aromatic heterocycles. The molecule has 6 heteroatoms. The van der Waals surface area contributed by atoms with Gasteiger partial charge in [-0.2, -0.15) is 0 Å². The predicted molar refractivity (Wildman–Crippen MR) is 115 cm³/mol. The third-order valence-electron chi connectivity index (χ3n) is 4.09. The lowest BCUT2D eigenvalue weighted by Crippen LogP contribution is -2.27. The summed E-state index contributed by atoms with van der Waals surface area (Å²) in [6.45, 7) is 13.5. The minimum Gasteiger partial charge on any atom is -0.444 e. The van der Waals surface area contributed by atoms with Crippen LogP contribution in [0.25, 0.3) is 0 Å². The Kier molecular flexibility index (Phi) is 6.74. The Balaban J connectivity index is 2.38. The van der Waals surface area contributed by atoms with Crippen LogP contribution in [0.5, 0.6) is 0 Å². The quantitative estimate of drug-likeness (QED) is 0.695. The van der Waals surface area contributed by atoms with E-state index in [-0.39, 0.29) is 0 Å². The zero-order valence-corrected chi connectivity index (χ0v) is 18.6. The van der Waals surface area contributed by atoms with Crippen LogP contribution in [-0.4, -0.2) is 18.3 Å². The van der Waals surface area contributed by atoms with E-state index in [4.69, 9.17) is 9.26 Å². The van der Waals surface area contributed by atoms with Crippen molar-refractivity contribution in [2.45, 2.75) is 54.1 Å². The Morgan fingerprint density at radius 2 is 1.57 bits per heavy atom. The van der Waals surface area contributed by atoms with Gasteiger partial charge in [0.2, 0.25) is 0 Å². The molecule has 1 amide bonds. The largest absolute Gasteiger partial charge is 0.444 e. The average Bonchev–Trinajstić information content (AvgIpc) is 2.52. The maximum Gasteiger partial charge on any atom is 0.412 e. The van der Waals surface area contributed by atoms with Crippen LogP contribution in [-0.2, 0) is 13.8 Å². The van der Waals surface area contributed by atoms with Crippen LogP contribution < -0.4 is 15.9 Å². The van der Waals surface area contributed by atoms with Crippen molar-refractivity contribution in [1.29, 1.82) is 0 Å². The fraction of sp³-hybridized carbons (Fsp3) is 0.409. The zero-order valence-electron chi connectivity index (χ0n) is 17.8. The highest BCUT2D eigenvalue weighted by Gasteiger charge is 2.31. The van der Waals surface area contributed by atoms with Crippen LogP contribution in [0.15, 0.2) is 36.4 Å². The number of ether oxygens (including phenoxy) is 1. The van der Waals surface area contributed by atoms with E-state index < -0.39 is 19.1 Å². The molecule has 0 aliphatic carbocycles. The Labute approximate surface area is 167 Å². The maximum atomic E-state index is 14.0. The van der Waals surface area contributed by atoms with Crippen LogP contribution >= 0.6 is 7.37 Å². The van der Waals surface area contributed by atoms with Gasteiger partial charge in [-0.05, 0) is 83.9 Å². The van der Waals surface area contributed by atoms with Gasteiger partial charge in [-0.15, -0.1) is 0 Å². The molecule has 28 heavy (non-hydrogen) atoms. The molecule has 0 fully saturated rings. The summed E-state index contributed by atoms with van der Waals surface area (Å²) < 4.78 is 25.0. The smallest absolute Gasteiger partial charge is 0.412 e. The summed E-state index contributed by atoms with van der Waals surface area (Å²) in [6.07, 6.45) is -0.529. The van der Waals surface area contributed by atoms with E-state index in [1.54, 1.807) is 45.0 Å². The lowest BCUT2D eigenvalue weighted by atomic mass is 10.1. The molecule has 2 aromatic carbocycles. The number of rotatable bonds is 5. The average molecular weight is 403 g/mol. The van der Waals surface area contributed by atoms with Gasteiger partial charge < -0.3 is 9.26 Å². The lowest BCUT2D eigenvalue weighted by Gasteiger charge is -2.23.